The number of nitrogens with one attached hydrogen (secondary N) is 2. The number of hydrogen-bond acceptors (Lipinski definition) is 5. The van der Waals surface area contributed by atoms with Gasteiger partial charge in [0.25, 0.3) is 5.91 Å². The molecule has 2 aliphatic carbocycles. The second-order valence-corrected chi connectivity index (χ2v) is 9.39. The number of benzene rings is 1. The van der Waals surface area contributed by atoms with E-state index in [1.165, 1.54) is 32.4 Å². The van der Waals surface area contributed by atoms with Crippen LogP contribution in [0.25, 0.3) is 0 Å². The summed E-state index contributed by atoms with van der Waals surface area (Å²) >= 11 is 0. The molecule has 2 saturated carbocycles. The van der Waals surface area contributed by atoms with Gasteiger partial charge in [-0.25, -0.2) is 13.1 Å². The number of amides is 1. The van der Waals surface area contributed by atoms with E-state index in [1.54, 1.807) is 19.1 Å². The molecule has 148 valence electrons. The Morgan fingerprint density at radius 1 is 1.22 bits per heavy atom. The zero-order valence-electron chi connectivity index (χ0n) is 15.7. The highest BCUT2D eigenvalue weighted by Crippen LogP contribution is 2.49. The van der Waals surface area contributed by atoms with E-state index in [-0.39, 0.29) is 17.5 Å². The fourth-order valence-corrected chi connectivity index (χ4v) is 5.31. The Bertz CT molecular complexity index is 837. The van der Waals surface area contributed by atoms with Crippen LogP contribution in [0.15, 0.2) is 23.1 Å². The lowest BCUT2D eigenvalue weighted by Gasteiger charge is -2.20. The molecule has 0 aromatic heterocycles. The van der Waals surface area contributed by atoms with Gasteiger partial charge in [-0.3, -0.25) is 9.59 Å². The smallest absolute Gasteiger partial charge is 0.306 e. The average molecular weight is 394 g/mol. The van der Waals surface area contributed by atoms with E-state index < -0.39 is 15.9 Å². The first-order valence-corrected chi connectivity index (χ1v) is 10.8. The Labute approximate surface area is 159 Å². The monoisotopic (exact) mass is 394 g/mol. The standard InChI is InChI=1S/C19H26N2O5S/c1-12-3-6-16(10-17(12)27(24,25)20-2)21-18(22)11-26-19(23)9-15-8-13-4-5-14(15)7-13/h3,6,10,13-15,20H,4-5,7-9,11H2,1-2H3,(H,21,22)/t13-,14+,15-/m0/s1. The second-order valence-electron chi connectivity index (χ2n) is 7.54. The fourth-order valence-electron chi connectivity index (χ4n) is 4.32. The summed E-state index contributed by atoms with van der Waals surface area (Å²) in [5.41, 5.74) is 0.906. The Hall–Kier alpha value is -1.93. The van der Waals surface area contributed by atoms with E-state index in [0.717, 1.165) is 12.3 Å². The minimum absolute atomic E-state index is 0.0936. The number of hydrogen-bond donors (Lipinski definition) is 2. The Morgan fingerprint density at radius 2 is 2.00 bits per heavy atom. The molecule has 1 aromatic carbocycles. The minimum atomic E-state index is -3.62. The SMILES string of the molecule is CNS(=O)(=O)c1cc(NC(=O)COC(=O)C[C@@H]2C[C@H]3CC[C@@H]2C3)ccc1C. The first-order valence-electron chi connectivity index (χ1n) is 9.28. The van der Waals surface area contributed by atoms with Crippen molar-refractivity contribution >= 4 is 27.6 Å². The van der Waals surface area contributed by atoms with Crippen LogP contribution in [0, 0.1) is 24.7 Å². The normalized spacial score (nSPS) is 24.0. The summed E-state index contributed by atoms with van der Waals surface area (Å²) in [5, 5.41) is 2.57. The van der Waals surface area contributed by atoms with Gasteiger partial charge in [0.2, 0.25) is 10.0 Å². The quantitative estimate of drug-likeness (QED) is 0.691. The molecule has 0 aliphatic heterocycles. The summed E-state index contributed by atoms with van der Waals surface area (Å²) in [6, 6.07) is 4.61. The van der Waals surface area contributed by atoms with Crippen molar-refractivity contribution in [1.29, 1.82) is 0 Å². The Kier molecular flexibility index (Phi) is 5.86. The van der Waals surface area contributed by atoms with Crippen LogP contribution in [0.5, 0.6) is 0 Å². The van der Waals surface area contributed by atoms with E-state index in [2.05, 4.69) is 10.0 Å². The Morgan fingerprint density at radius 3 is 2.63 bits per heavy atom. The van der Waals surface area contributed by atoms with Crippen molar-refractivity contribution in [2.75, 3.05) is 19.0 Å². The van der Waals surface area contributed by atoms with Crippen LogP contribution in [-0.2, 0) is 24.3 Å². The summed E-state index contributed by atoms with van der Waals surface area (Å²) in [4.78, 5) is 24.1. The zero-order chi connectivity index (χ0) is 19.6. The van der Waals surface area contributed by atoms with Gasteiger partial charge in [-0.05, 0) is 68.7 Å². The molecule has 1 amide bonds. The predicted molar refractivity (Wildman–Crippen MR) is 101 cm³/mol. The molecule has 0 saturated heterocycles. The average Bonchev–Trinajstić information content (AvgIpc) is 3.24. The van der Waals surface area contributed by atoms with Crippen molar-refractivity contribution in [1.82, 2.24) is 4.72 Å². The zero-order valence-corrected chi connectivity index (χ0v) is 16.5. The van der Waals surface area contributed by atoms with Crippen LogP contribution >= 0.6 is 0 Å². The van der Waals surface area contributed by atoms with Gasteiger partial charge in [0.1, 0.15) is 0 Å². The number of aryl methyl sites for hydroxylation is 1. The number of ether oxygens (including phenoxy) is 1. The van der Waals surface area contributed by atoms with Crippen molar-refractivity contribution < 1.29 is 22.7 Å². The lowest BCUT2D eigenvalue weighted by molar-refractivity contribution is -0.148. The predicted octanol–water partition coefficient (Wildman–Crippen LogP) is 2.21. The summed E-state index contributed by atoms with van der Waals surface area (Å²) in [5.74, 6) is 0.959. The van der Waals surface area contributed by atoms with Crippen LogP contribution in [0.3, 0.4) is 0 Å². The van der Waals surface area contributed by atoms with Crippen molar-refractivity contribution in [3.05, 3.63) is 23.8 Å². The largest absolute Gasteiger partial charge is 0.456 e. The number of esters is 1. The molecule has 8 heteroatoms. The number of anilines is 1. The molecule has 1 aromatic rings. The maximum Gasteiger partial charge on any atom is 0.306 e. The molecule has 7 nitrogen and oxygen atoms in total. The second kappa shape index (κ2) is 7.98. The molecule has 0 spiro atoms. The van der Waals surface area contributed by atoms with Gasteiger partial charge in [0.05, 0.1) is 4.90 Å². The minimum Gasteiger partial charge on any atom is -0.456 e. The summed E-state index contributed by atoms with van der Waals surface area (Å²) in [6.45, 7) is 1.30. The number of sulfonamides is 1. The highest BCUT2D eigenvalue weighted by molar-refractivity contribution is 7.89. The van der Waals surface area contributed by atoms with Crippen LogP contribution < -0.4 is 10.0 Å². The lowest BCUT2D eigenvalue weighted by Crippen LogP contribution is -2.24. The summed E-state index contributed by atoms with van der Waals surface area (Å²) in [6.07, 6.45) is 5.18. The highest BCUT2D eigenvalue weighted by Gasteiger charge is 2.40. The Balaban J connectivity index is 1.50. The molecule has 3 atom stereocenters. The van der Waals surface area contributed by atoms with Gasteiger partial charge >= 0.3 is 5.97 Å². The van der Waals surface area contributed by atoms with E-state index in [1.807, 2.05) is 0 Å². The number of carbonyl (C=O) groups is 2. The number of carbonyl (C=O) groups excluding carboxylic acids is 2. The van der Waals surface area contributed by atoms with E-state index in [4.69, 9.17) is 4.74 Å². The van der Waals surface area contributed by atoms with E-state index in [9.17, 15) is 18.0 Å². The molecule has 2 bridgehead atoms. The molecule has 0 heterocycles. The van der Waals surface area contributed by atoms with Gasteiger partial charge in [-0.15, -0.1) is 0 Å². The first-order chi connectivity index (χ1) is 12.8. The molecule has 0 unspecified atom stereocenters. The first kappa shape index (κ1) is 19.8. The summed E-state index contributed by atoms with van der Waals surface area (Å²) < 4.78 is 31.4. The van der Waals surface area contributed by atoms with Gasteiger partial charge in [-0.1, -0.05) is 12.5 Å². The van der Waals surface area contributed by atoms with Crippen LogP contribution in [-0.4, -0.2) is 33.9 Å². The van der Waals surface area contributed by atoms with Crippen molar-refractivity contribution in [2.24, 2.45) is 17.8 Å². The number of fused-ring (bicyclic) bond motifs is 2. The maximum atomic E-state index is 12.0. The van der Waals surface area contributed by atoms with Crippen LogP contribution in [0.2, 0.25) is 0 Å². The molecule has 0 radical (unpaired) electrons. The third-order valence-electron chi connectivity index (χ3n) is 5.71. The van der Waals surface area contributed by atoms with Gasteiger partial charge in [0, 0.05) is 12.1 Å². The maximum absolute atomic E-state index is 12.0. The van der Waals surface area contributed by atoms with Gasteiger partial charge < -0.3 is 10.1 Å². The molecular weight excluding hydrogens is 368 g/mol. The highest BCUT2D eigenvalue weighted by atomic mass is 32.2. The fraction of sp³-hybridized carbons (Fsp3) is 0.579. The van der Waals surface area contributed by atoms with Crippen molar-refractivity contribution in [2.45, 2.75) is 43.9 Å². The molecular formula is C19H26N2O5S. The van der Waals surface area contributed by atoms with Crippen LogP contribution in [0.4, 0.5) is 5.69 Å². The van der Waals surface area contributed by atoms with E-state index in [0.29, 0.717) is 29.5 Å². The topological polar surface area (TPSA) is 102 Å². The third kappa shape index (κ3) is 4.68. The van der Waals surface area contributed by atoms with E-state index >= 15 is 0 Å². The van der Waals surface area contributed by atoms with Gasteiger partial charge in [0.15, 0.2) is 6.61 Å². The molecule has 2 fully saturated rings. The molecule has 27 heavy (non-hydrogen) atoms. The van der Waals surface area contributed by atoms with Crippen molar-refractivity contribution in [3.63, 3.8) is 0 Å². The third-order valence-corrected chi connectivity index (χ3v) is 7.26. The number of rotatable bonds is 7. The molecule has 2 N–H and O–H groups in total. The summed E-state index contributed by atoms with van der Waals surface area (Å²) in [7, 11) is -2.29. The molecule has 3 rings (SSSR count). The van der Waals surface area contributed by atoms with Gasteiger partial charge in [-0.2, -0.15) is 0 Å². The lowest BCUT2D eigenvalue weighted by atomic mass is 9.86. The van der Waals surface area contributed by atoms with Crippen molar-refractivity contribution in [3.8, 4) is 0 Å². The molecule has 2 aliphatic rings. The van der Waals surface area contributed by atoms with Crippen LogP contribution in [0.1, 0.15) is 37.7 Å².